The van der Waals surface area contributed by atoms with E-state index in [-0.39, 0.29) is 5.91 Å². The monoisotopic (exact) mass is 191 g/mol. The first-order chi connectivity index (χ1) is 6.81. The van der Waals surface area contributed by atoms with Crippen LogP contribution in [0.2, 0.25) is 0 Å². The number of rotatable bonds is 2. The highest BCUT2D eigenvalue weighted by Gasteiger charge is 2.22. The molecule has 1 saturated heterocycles. The van der Waals surface area contributed by atoms with E-state index in [4.69, 9.17) is 0 Å². The van der Waals surface area contributed by atoms with E-state index in [1.54, 1.807) is 12.3 Å². The fraction of sp³-hybridized carbons (Fsp3) is 0.400. The Morgan fingerprint density at radius 1 is 1.57 bits per heavy atom. The molecule has 4 heteroatoms. The molecule has 14 heavy (non-hydrogen) atoms. The standard InChI is InChI=1S/C10H13N3O/c1-11-8-3-4-12-9(7-8)10(14)13-5-2-6-13/h3-4,7H,2,5-6H2,1H3,(H,11,12). The summed E-state index contributed by atoms with van der Waals surface area (Å²) in [5.74, 6) is 0.0355. The van der Waals surface area contributed by atoms with Gasteiger partial charge in [-0.25, -0.2) is 0 Å². The average Bonchev–Trinajstić information content (AvgIpc) is 2.15. The summed E-state index contributed by atoms with van der Waals surface area (Å²) in [5, 5.41) is 2.99. The van der Waals surface area contributed by atoms with Crippen molar-refractivity contribution >= 4 is 11.6 Å². The van der Waals surface area contributed by atoms with Crippen molar-refractivity contribution in [2.75, 3.05) is 25.5 Å². The van der Waals surface area contributed by atoms with E-state index in [0.717, 1.165) is 25.2 Å². The molecule has 1 aromatic rings. The Bertz CT molecular complexity index is 347. The third-order valence-corrected chi connectivity index (χ3v) is 2.41. The Morgan fingerprint density at radius 3 is 2.93 bits per heavy atom. The summed E-state index contributed by atoms with van der Waals surface area (Å²) in [6.07, 6.45) is 2.76. The topological polar surface area (TPSA) is 45.2 Å². The van der Waals surface area contributed by atoms with Gasteiger partial charge in [-0.3, -0.25) is 9.78 Å². The van der Waals surface area contributed by atoms with Gasteiger partial charge in [0.25, 0.3) is 5.91 Å². The van der Waals surface area contributed by atoms with Crippen molar-refractivity contribution in [3.05, 3.63) is 24.0 Å². The molecule has 0 saturated carbocycles. The van der Waals surface area contributed by atoms with Gasteiger partial charge in [0, 0.05) is 32.0 Å². The number of carbonyl (C=O) groups is 1. The normalized spacial score (nSPS) is 14.8. The molecule has 1 fully saturated rings. The fourth-order valence-corrected chi connectivity index (χ4v) is 1.38. The van der Waals surface area contributed by atoms with Gasteiger partial charge >= 0.3 is 0 Å². The molecular weight excluding hydrogens is 178 g/mol. The zero-order chi connectivity index (χ0) is 9.97. The number of anilines is 1. The predicted molar refractivity (Wildman–Crippen MR) is 54.3 cm³/mol. The van der Waals surface area contributed by atoms with Crippen molar-refractivity contribution in [3.8, 4) is 0 Å². The Kier molecular flexibility index (Phi) is 2.35. The van der Waals surface area contributed by atoms with Crippen LogP contribution in [0.25, 0.3) is 0 Å². The van der Waals surface area contributed by atoms with Crippen molar-refractivity contribution in [3.63, 3.8) is 0 Å². The van der Waals surface area contributed by atoms with Gasteiger partial charge in [0.2, 0.25) is 0 Å². The van der Waals surface area contributed by atoms with Crippen molar-refractivity contribution in [2.45, 2.75) is 6.42 Å². The minimum atomic E-state index is 0.0355. The largest absolute Gasteiger partial charge is 0.388 e. The van der Waals surface area contributed by atoms with Gasteiger partial charge in [-0.05, 0) is 18.6 Å². The number of pyridine rings is 1. The van der Waals surface area contributed by atoms with Crippen LogP contribution in [0.3, 0.4) is 0 Å². The van der Waals surface area contributed by atoms with E-state index in [9.17, 15) is 4.79 Å². The molecule has 74 valence electrons. The fourth-order valence-electron chi connectivity index (χ4n) is 1.38. The first kappa shape index (κ1) is 8.99. The SMILES string of the molecule is CNc1ccnc(C(=O)N2CCC2)c1. The van der Waals surface area contributed by atoms with Crippen molar-refractivity contribution in [2.24, 2.45) is 0 Å². The van der Waals surface area contributed by atoms with E-state index in [1.165, 1.54) is 0 Å². The average molecular weight is 191 g/mol. The lowest BCUT2D eigenvalue weighted by Gasteiger charge is -2.30. The maximum atomic E-state index is 11.7. The molecule has 1 N–H and O–H groups in total. The lowest BCUT2D eigenvalue weighted by molar-refractivity contribution is 0.0646. The van der Waals surface area contributed by atoms with Crippen LogP contribution in [0.15, 0.2) is 18.3 Å². The zero-order valence-corrected chi connectivity index (χ0v) is 8.16. The molecule has 1 amide bonds. The molecule has 1 aliphatic rings. The van der Waals surface area contributed by atoms with Crippen LogP contribution in [0.4, 0.5) is 5.69 Å². The van der Waals surface area contributed by atoms with Crippen LogP contribution >= 0.6 is 0 Å². The number of aromatic nitrogens is 1. The Morgan fingerprint density at radius 2 is 2.36 bits per heavy atom. The van der Waals surface area contributed by atoms with Gasteiger partial charge in [-0.1, -0.05) is 0 Å². The first-order valence-corrected chi connectivity index (χ1v) is 4.74. The molecule has 1 aromatic heterocycles. The second-order valence-electron chi connectivity index (χ2n) is 3.33. The summed E-state index contributed by atoms with van der Waals surface area (Å²) < 4.78 is 0. The Labute approximate surface area is 82.9 Å². The summed E-state index contributed by atoms with van der Waals surface area (Å²) in [7, 11) is 1.83. The minimum Gasteiger partial charge on any atom is -0.388 e. The molecule has 2 heterocycles. The molecule has 1 aliphatic heterocycles. The summed E-state index contributed by atoms with van der Waals surface area (Å²) in [6.45, 7) is 1.73. The van der Waals surface area contributed by atoms with Crippen molar-refractivity contribution < 1.29 is 4.79 Å². The Hall–Kier alpha value is -1.58. The van der Waals surface area contributed by atoms with Gasteiger partial charge in [0.15, 0.2) is 0 Å². The molecule has 0 unspecified atom stereocenters. The smallest absolute Gasteiger partial charge is 0.272 e. The number of likely N-dealkylation sites (tertiary alicyclic amines) is 1. The van der Waals surface area contributed by atoms with E-state index in [1.807, 2.05) is 18.0 Å². The van der Waals surface area contributed by atoms with E-state index in [0.29, 0.717) is 5.69 Å². The molecule has 0 radical (unpaired) electrons. The number of nitrogens with zero attached hydrogens (tertiary/aromatic N) is 2. The highest BCUT2D eigenvalue weighted by atomic mass is 16.2. The second-order valence-corrected chi connectivity index (χ2v) is 3.33. The highest BCUT2D eigenvalue weighted by molar-refractivity contribution is 5.93. The first-order valence-electron chi connectivity index (χ1n) is 4.74. The summed E-state index contributed by atoms with van der Waals surface area (Å²) >= 11 is 0. The van der Waals surface area contributed by atoms with Gasteiger partial charge < -0.3 is 10.2 Å². The Balaban J connectivity index is 2.18. The van der Waals surface area contributed by atoms with Crippen molar-refractivity contribution in [1.82, 2.24) is 9.88 Å². The van der Waals surface area contributed by atoms with Crippen molar-refractivity contribution in [1.29, 1.82) is 0 Å². The predicted octanol–water partition coefficient (Wildman–Crippen LogP) is 0.969. The molecule has 4 nitrogen and oxygen atoms in total. The van der Waals surface area contributed by atoms with Gasteiger partial charge in [-0.15, -0.1) is 0 Å². The lowest BCUT2D eigenvalue weighted by atomic mass is 10.2. The summed E-state index contributed by atoms with van der Waals surface area (Å²) in [4.78, 5) is 17.6. The number of amides is 1. The van der Waals surface area contributed by atoms with Gasteiger partial charge in [0.1, 0.15) is 5.69 Å². The molecule has 0 atom stereocenters. The molecular formula is C10H13N3O. The molecule has 0 bridgehead atoms. The third-order valence-electron chi connectivity index (χ3n) is 2.41. The van der Waals surface area contributed by atoms with E-state index < -0.39 is 0 Å². The quantitative estimate of drug-likeness (QED) is 0.757. The maximum absolute atomic E-state index is 11.7. The summed E-state index contributed by atoms with van der Waals surface area (Å²) in [6, 6.07) is 3.62. The van der Waals surface area contributed by atoms with Gasteiger partial charge in [0.05, 0.1) is 0 Å². The van der Waals surface area contributed by atoms with Crippen LogP contribution < -0.4 is 5.32 Å². The van der Waals surface area contributed by atoms with Crippen LogP contribution in [-0.2, 0) is 0 Å². The van der Waals surface area contributed by atoms with Crippen LogP contribution in [0.5, 0.6) is 0 Å². The molecule has 0 aromatic carbocycles. The number of hydrogen-bond acceptors (Lipinski definition) is 3. The molecule has 2 rings (SSSR count). The number of carbonyl (C=O) groups excluding carboxylic acids is 1. The highest BCUT2D eigenvalue weighted by Crippen LogP contribution is 2.13. The molecule has 0 aliphatic carbocycles. The third kappa shape index (κ3) is 1.55. The van der Waals surface area contributed by atoms with E-state index in [2.05, 4.69) is 10.3 Å². The molecule has 0 spiro atoms. The lowest BCUT2D eigenvalue weighted by Crippen LogP contribution is -2.42. The second kappa shape index (κ2) is 3.65. The number of nitrogens with one attached hydrogen (secondary N) is 1. The minimum absolute atomic E-state index is 0.0355. The van der Waals surface area contributed by atoms with Crippen LogP contribution in [0.1, 0.15) is 16.9 Å². The van der Waals surface area contributed by atoms with E-state index >= 15 is 0 Å². The maximum Gasteiger partial charge on any atom is 0.272 e. The van der Waals surface area contributed by atoms with Crippen LogP contribution in [0, 0.1) is 0 Å². The zero-order valence-electron chi connectivity index (χ0n) is 8.16. The number of hydrogen-bond donors (Lipinski definition) is 1. The van der Waals surface area contributed by atoms with Gasteiger partial charge in [-0.2, -0.15) is 0 Å². The van der Waals surface area contributed by atoms with Crippen LogP contribution in [-0.4, -0.2) is 35.9 Å². The summed E-state index contributed by atoms with van der Waals surface area (Å²) in [5.41, 5.74) is 1.44.